The Morgan fingerprint density at radius 1 is 1.14 bits per heavy atom. The molecule has 4 rings (SSSR count). The van der Waals surface area contributed by atoms with Crippen molar-refractivity contribution in [3.8, 4) is 0 Å². The van der Waals surface area contributed by atoms with Crippen molar-refractivity contribution < 1.29 is 22.5 Å². The highest BCUT2D eigenvalue weighted by Gasteiger charge is 2.36. The number of nitrogens with zero attached hydrogens (tertiary/aromatic N) is 2. The van der Waals surface area contributed by atoms with Gasteiger partial charge < -0.3 is 5.32 Å². The van der Waals surface area contributed by atoms with Gasteiger partial charge in [0.2, 0.25) is 11.7 Å². The lowest BCUT2D eigenvalue weighted by Gasteiger charge is -2.18. The molecule has 0 bridgehead atoms. The van der Waals surface area contributed by atoms with Crippen LogP contribution in [0.3, 0.4) is 0 Å². The van der Waals surface area contributed by atoms with E-state index in [2.05, 4.69) is 5.32 Å². The first-order valence-corrected chi connectivity index (χ1v) is 9.51. The predicted molar refractivity (Wildman–Crippen MR) is 100 cm³/mol. The van der Waals surface area contributed by atoms with Gasteiger partial charge in [-0.1, -0.05) is 24.3 Å². The maximum absolute atomic E-state index is 13.4. The average Bonchev–Trinajstić information content (AvgIpc) is 2.86. The lowest BCUT2D eigenvalue weighted by atomic mass is 10.1. The molecule has 3 aromatic rings. The molecule has 1 heterocycles. The van der Waals surface area contributed by atoms with Gasteiger partial charge in [0.05, 0.1) is 15.5 Å². The van der Waals surface area contributed by atoms with E-state index >= 15 is 0 Å². The molecule has 0 atom stereocenters. The summed E-state index contributed by atoms with van der Waals surface area (Å²) in [6.45, 7) is -0.526. The molecule has 10 heteroatoms. The zero-order valence-electron chi connectivity index (χ0n) is 14.1. The quantitative estimate of drug-likeness (QED) is 0.534. The van der Waals surface area contributed by atoms with Gasteiger partial charge in [0.25, 0.3) is 10.0 Å². The van der Waals surface area contributed by atoms with Gasteiger partial charge in [0, 0.05) is 17.1 Å². The summed E-state index contributed by atoms with van der Waals surface area (Å²) in [6.07, 6.45) is 0. The fourth-order valence-electron chi connectivity index (χ4n) is 3.19. The largest absolute Gasteiger partial charge is 0.324 e. The van der Waals surface area contributed by atoms with E-state index < -0.39 is 38.9 Å². The highest BCUT2D eigenvalue weighted by Crippen LogP contribution is 2.41. The highest BCUT2D eigenvalue weighted by atomic mass is 32.2. The molecule has 0 radical (unpaired) electrons. The van der Waals surface area contributed by atoms with Crippen molar-refractivity contribution in [2.24, 2.45) is 0 Å². The summed E-state index contributed by atoms with van der Waals surface area (Å²) in [5.74, 6) is -1.75. The second-order valence-electron chi connectivity index (χ2n) is 6.11. The number of nitro benzene ring substituents is 1. The molecule has 1 aliphatic heterocycles. The van der Waals surface area contributed by atoms with Gasteiger partial charge in [0.15, 0.2) is 0 Å². The minimum atomic E-state index is -3.91. The number of halogens is 1. The average molecular weight is 401 g/mol. The van der Waals surface area contributed by atoms with Gasteiger partial charge in [0.1, 0.15) is 6.54 Å². The molecular formula is C18H12FN3O5S. The zero-order chi connectivity index (χ0) is 20.1. The summed E-state index contributed by atoms with van der Waals surface area (Å²) >= 11 is 0. The Labute approximate surface area is 158 Å². The Balaban J connectivity index is 1.64. The number of rotatable bonds is 4. The SMILES string of the molecule is O=C(CN1c2cccc3cccc(c23)S1(=O)=O)Nc1ccc(F)c([N+](=O)[O-])c1. The van der Waals surface area contributed by atoms with Gasteiger partial charge >= 0.3 is 5.69 Å². The van der Waals surface area contributed by atoms with Crippen LogP contribution in [0.15, 0.2) is 59.5 Å². The number of nitrogens with one attached hydrogen (secondary N) is 1. The number of carbonyl (C=O) groups is 1. The summed E-state index contributed by atoms with van der Waals surface area (Å²) in [4.78, 5) is 22.4. The molecule has 1 amide bonds. The molecule has 0 saturated carbocycles. The fraction of sp³-hybridized carbons (Fsp3) is 0.0556. The Hall–Kier alpha value is -3.53. The number of carbonyl (C=O) groups excluding carboxylic acids is 1. The van der Waals surface area contributed by atoms with Crippen LogP contribution in [-0.4, -0.2) is 25.8 Å². The van der Waals surface area contributed by atoms with Gasteiger partial charge in [-0.25, -0.2) is 8.42 Å². The molecule has 0 spiro atoms. The van der Waals surface area contributed by atoms with Gasteiger partial charge in [-0.05, 0) is 29.7 Å². The number of hydrogen-bond donors (Lipinski definition) is 1. The van der Waals surface area contributed by atoms with E-state index in [1.165, 1.54) is 6.07 Å². The van der Waals surface area contributed by atoms with Crippen LogP contribution >= 0.6 is 0 Å². The Morgan fingerprint density at radius 2 is 1.86 bits per heavy atom. The first kappa shape index (κ1) is 17.9. The maximum Gasteiger partial charge on any atom is 0.306 e. The second-order valence-corrected chi connectivity index (χ2v) is 7.95. The smallest absolute Gasteiger partial charge is 0.306 e. The number of nitro groups is 1. The topological polar surface area (TPSA) is 110 Å². The Kier molecular flexibility index (Phi) is 4.00. The Morgan fingerprint density at radius 3 is 2.57 bits per heavy atom. The molecule has 1 N–H and O–H groups in total. The van der Waals surface area contributed by atoms with E-state index in [1.54, 1.807) is 30.3 Å². The second kappa shape index (κ2) is 6.27. The van der Waals surface area contributed by atoms with Crippen molar-refractivity contribution in [1.29, 1.82) is 0 Å². The van der Waals surface area contributed by atoms with Gasteiger partial charge in [-0.3, -0.25) is 19.2 Å². The summed E-state index contributed by atoms with van der Waals surface area (Å²) in [5.41, 5.74) is -0.414. The first-order chi connectivity index (χ1) is 13.3. The third-order valence-corrected chi connectivity index (χ3v) is 6.20. The number of benzene rings is 3. The van der Waals surface area contributed by atoms with Crippen LogP contribution in [0, 0.1) is 15.9 Å². The van der Waals surface area contributed by atoms with Crippen LogP contribution < -0.4 is 9.62 Å². The van der Waals surface area contributed by atoms with E-state index in [-0.39, 0.29) is 10.6 Å². The standard InChI is InChI=1S/C18H12FN3O5S/c19-13-8-7-12(9-15(13)22(24)25)20-17(23)10-21-14-5-1-3-11-4-2-6-16(18(11)14)28(21,26)27/h1-9H,10H2,(H,20,23). The Bertz CT molecular complexity index is 1250. The maximum atomic E-state index is 13.4. The first-order valence-electron chi connectivity index (χ1n) is 8.07. The number of hydrogen-bond acceptors (Lipinski definition) is 5. The van der Waals surface area contributed by atoms with Gasteiger partial charge in [-0.2, -0.15) is 4.39 Å². The molecule has 28 heavy (non-hydrogen) atoms. The summed E-state index contributed by atoms with van der Waals surface area (Å²) in [6, 6.07) is 12.8. The highest BCUT2D eigenvalue weighted by molar-refractivity contribution is 7.93. The molecular weight excluding hydrogens is 389 g/mol. The van der Waals surface area contributed by atoms with Crippen LogP contribution in [0.1, 0.15) is 0 Å². The summed E-state index contributed by atoms with van der Waals surface area (Å²) in [7, 11) is -3.91. The predicted octanol–water partition coefficient (Wildman–Crippen LogP) is 3.03. The molecule has 0 unspecified atom stereocenters. The summed E-state index contributed by atoms with van der Waals surface area (Å²) in [5, 5.41) is 14.5. The lowest BCUT2D eigenvalue weighted by Crippen LogP contribution is -2.35. The zero-order valence-corrected chi connectivity index (χ0v) is 14.9. The van der Waals surface area contributed by atoms with Crippen LogP contribution in [0.4, 0.5) is 21.5 Å². The molecule has 0 saturated heterocycles. The molecule has 0 fully saturated rings. The third kappa shape index (κ3) is 2.74. The summed E-state index contributed by atoms with van der Waals surface area (Å²) < 4.78 is 40.1. The number of sulfonamides is 1. The van der Waals surface area contributed by atoms with E-state index in [0.29, 0.717) is 11.1 Å². The van der Waals surface area contributed by atoms with Crippen LogP contribution in [-0.2, 0) is 14.8 Å². The van der Waals surface area contributed by atoms with Gasteiger partial charge in [-0.15, -0.1) is 0 Å². The van der Waals surface area contributed by atoms with Crippen LogP contribution in [0.25, 0.3) is 10.8 Å². The fourth-order valence-corrected chi connectivity index (χ4v) is 4.86. The minimum Gasteiger partial charge on any atom is -0.324 e. The molecule has 0 aliphatic carbocycles. The van der Waals surface area contributed by atoms with E-state index in [0.717, 1.165) is 27.9 Å². The molecule has 1 aliphatic rings. The lowest BCUT2D eigenvalue weighted by molar-refractivity contribution is -0.387. The van der Waals surface area contributed by atoms with E-state index in [4.69, 9.17) is 0 Å². The molecule has 0 aromatic heterocycles. The van der Waals surface area contributed by atoms with Crippen molar-refractivity contribution in [2.45, 2.75) is 4.90 Å². The molecule has 142 valence electrons. The molecule has 3 aromatic carbocycles. The van der Waals surface area contributed by atoms with E-state index in [9.17, 15) is 27.7 Å². The van der Waals surface area contributed by atoms with Crippen molar-refractivity contribution in [2.75, 3.05) is 16.2 Å². The van der Waals surface area contributed by atoms with Crippen molar-refractivity contribution in [3.63, 3.8) is 0 Å². The number of amides is 1. The normalized spacial score (nSPS) is 14.2. The van der Waals surface area contributed by atoms with Crippen LogP contribution in [0.5, 0.6) is 0 Å². The van der Waals surface area contributed by atoms with Crippen LogP contribution in [0.2, 0.25) is 0 Å². The number of anilines is 2. The van der Waals surface area contributed by atoms with E-state index in [1.807, 2.05) is 0 Å². The van der Waals surface area contributed by atoms with Crippen molar-refractivity contribution in [1.82, 2.24) is 0 Å². The van der Waals surface area contributed by atoms with Crippen molar-refractivity contribution in [3.05, 3.63) is 70.5 Å². The monoisotopic (exact) mass is 401 g/mol. The minimum absolute atomic E-state index is 0.00887. The molecule has 8 nitrogen and oxygen atoms in total. The van der Waals surface area contributed by atoms with Crippen molar-refractivity contribution >= 4 is 43.8 Å². The third-order valence-electron chi connectivity index (χ3n) is 4.40.